The number of benzene rings is 1. The molecule has 15 heavy (non-hydrogen) atoms. The second-order valence-electron chi connectivity index (χ2n) is 3.24. The van der Waals surface area contributed by atoms with E-state index in [-0.39, 0.29) is 6.04 Å². The van der Waals surface area contributed by atoms with Crippen LogP contribution in [0.2, 0.25) is 5.02 Å². The molecular formula is C12H13BrClN. The summed E-state index contributed by atoms with van der Waals surface area (Å²) in [5, 5.41) is 4.02. The molecule has 0 heterocycles. The molecule has 0 saturated heterocycles. The average Bonchev–Trinajstić information content (AvgIpc) is 2.24. The minimum Gasteiger partial charge on any atom is -0.300 e. The summed E-state index contributed by atoms with van der Waals surface area (Å²) in [5.74, 6) is 2.70. The Kier molecular flexibility index (Phi) is 5.17. The maximum absolute atomic E-state index is 5.91. The van der Waals surface area contributed by atoms with Gasteiger partial charge < -0.3 is 0 Å². The van der Waals surface area contributed by atoms with Gasteiger partial charge >= 0.3 is 0 Å². The van der Waals surface area contributed by atoms with Crippen LogP contribution >= 0.6 is 27.5 Å². The van der Waals surface area contributed by atoms with E-state index in [4.69, 9.17) is 18.0 Å². The van der Waals surface area contributed by atoms with Crippen LogP contribution < -0.4 is 5.32 Å². The van der Waals surface area contributed by atoms with E-state index in [2.05, 4.69) is 34.1 Å². The average molecular weight is 287 g/mol. The van der Waals surface area contributed by atoms with E-state index in [0.717, 1.165) is 28.0 Å². The summed E-state index contributed by atoms with van der Waals surface area (Å²) in [6.07, 6.45) is 6.29. The Morgan fingerprint density at radius 1 is 1.60 bits per heavy atom. The molecule has 0 aliphatic heterocycles. The number of hydrogen-bond donors (Lipinski definition) is 1. The van der Waals surface area contributed by atoms with Gasteiger partial charge in [-0.25, -0.2) is 0 Å². The largest absolute Gasteiger partial charge is 0.300 e. The van der Waals surface area contributed by atoms with E-state index in [0.29, 0.717) is 0 Å². The summed E-state index contributed by atoms with van der Waals surface area (Å²) in [7, 11) is 0. The van der Waals surface area contributed by atoms with E-state index >= 15 is 0 Å². The van der Waals surface area contributed by atoms with Crippen molar-refractivity contribution >= 4 is 27.5 Å². The van der Waals surface area contributed by atoms with Gasteiger partial charge in [-0.15, -0.1) is 6.42 Å². The third kappa shape index (κ3) is 3.87. The normalized spacial score (nSPS) is 12.1. The Morgan fingerprint density at radius 2 is 2.33 bits per heavy atom. The van der Waals surface area contributed by atoms with Crippen molar-refractivity contribution in [1.82, 2.24) is 5.32 Å². The predicted octanol–water partition coefficient (Wildman–Crippen LogP) is 3.60. The number of hydrogen-bond acceptors (Lipinski definition) is 1. The van der Waals surface area contributed by atoms with Gasteiger partial charge in [-0.1, -0.05) is 40.4 Å². The fraction of sp³-hybridized carbons (Fsp3) is 0.333. The molecule has 1 aromatic rings. The number of terminal acetylenes is 1. The van der Waals surface area contributed by atoms with Crippen molar-refractivity contribution in [3.8, 4) is 12.3 Å². The second kappa shape index (κ2) is 6.17. The Hall–Kier alpha value is -0.490. The molecule has 1 atom stereocenters. The zero-order valence-electron chi connectivity index (χ0n) is 8.56. The number of nitrogens with one attached hydrogen (secondary N) is 1. The SMILES string of the molecule is C#CC(CC)NCc1cc(Cl)ccc1Br. The van der Waals surface area contributed by atoms with E-state index in [9.17, 15) is 0 Å². The molecule has 0 aliphatic carbocycles. The van der Waals surface area contributed by atoms with Gasteiger partial charge in [-0.05, 0) is 30.2 Å². The minimum atomic E-state index is 0.121. The summed E-state index contributed by atoms with van der Waals surface area (Å²) >= 11 is 9.39. The lowest BCUT2D eigenvalue weighted by molar-refractivity contribution is 0.591. The molecule has 0 fully saturated rings. The molecular weight excluding hydrogens is 273 g/mol. The van der Waals surface area contributed by atoms with Crippen molar-refractivity contribution in [3.63, 3.8) is 0 Å². The fourth-order valence-corrected chi connectivity index (χ4v) is 1.81. The van der Waals surface area contributed by atoms with Gasteiger partial charge in [-0.2, -0.15) is 0 Å². The first-order valence-corrected chi connectivity index (χ1v) is 5.98. The Balaban J connectivity index is 2.65. The smallest absolute Gasteiger partial charge is 0.0686 e. The molecule has 0 spiro atoms. The van der Waals surface area contributed by atoms with Crippen molar-refractivity contribution in [3.05, 3.63) is 33.3 Å². The third-order valence-corrected chi connectivity index (χ3v) is 3.16. The molecule has 0 aliphatic rings. The van der Waals surface area contributed by atoms with Gasteiger partial charge in [0.1, 0.15) is 0 Å². The Bertz CT molecular complexity index is 370. The van der Waals surface area contributed by atoms with Crippen LogP contribution in [0.3, 0.4) is 0 Å². The molecule has 0 aromatic heterocycles. The van der Waals surface area contributed by atoms with Gasteiger partial charge in [0.25, 0.3) is 0 Å². The van der Waals surface area contributed by atoms with E-state index in [1.165, 1.54) is 0 Å². The van der Waals surface area contributed by atoms with Crippen LogP contribution in [0.5, 0.6) is 0 Å². The maximum Gasteiger partial charge on any atom is 0.0686 e. The molecule has 0 saturated carbocycles. The van der Waals surface area contributed by atoms with Crippen LogP contribution in [0.4, 0.5) is 0 Å². The molecule has 1 aromatic carbocycles. The molecule has 1 N–H and O–H groups in total. The van der Waals surface area contributed by atoms with Crippen LogP contribution in [0.25, 0.3) is 0 Å². The highest BCUT2D eigenvalue weighted by molar-refractivity contribution is 9.10. The second-order valence-corrected chi connectivity index (χ2v) is 4.53. The summed E-state index contributed by atoms with van der Waals surface area (Å²) in [4.78, 5) is 0. The fourth-order valence-electron chi connectivity index (χ4n) is 1.23. The molecule has 1 unspecified atom stereocenters. The summed E-state index contributed by atoms with van der Waals surface area (Å²) in [6.45, 7) is 2.79. The maximum atomic E-state index is 5.91. The lowest BCUT2D eigenvalue weighted by atomic mass is 10.2. The molecule has 0 radical (unpaired) electrons. The molecule has 0 bridgehead atoms. The van der Waals surface area contributed by atoms with E-state index in [1.54, 1.807) is 0 Å². The van der Waals surface area contributed by atoms with Crippen molar-refractivity contribution in [1.29, 1.82) is 0 Å². The quantitative estimate of drug-likeness (QED) is 0.834. The van der Waals surface area contributed by atoms with Crippen LogP contribution in [-0.4, -0.2) is 6.04 Å². The third-order valence-electron chi connectivity index (χ3n) is 2.16. The monoisotopic (exact) mass is 285 g/mol. The van der Waals surface area contributed by atoms with Gasteiger partial charge in [0, 0.05) is 16.0 Å². The van der Waals surface area contributed by atoms with Gasteiger partial charge in [0.15, 0.2) is 0 Å². The topological polar surface area (TPSA) is 12.0 Å². The van der Waals surface area contributed by atoms with Crippen LogP contribution in [-0.2, 0) is 6.54 Å². The van der Waals surface area contributed by atoms with Crippen molar-refractivity contribution in [2.75, 3.05) is 0 Å². The molecule has 3 heteroatoms. The summed E-state index contributed by atoms with van der Waals surface area (Å²) < 4.78 is 1.05. The highest BCUT2D eigenvalue weighted by Crippen LogP contribution is 2.21. The lowest BCUT2D eigenvalue weighted by Crippen LogP contribution is -2.26. The number of rotatable bonds is 4. The highest BCUT2D eigenvalue weighted by atomic mass is 79.9. The molecule has 1 nitrogen and oxygen atoms in total. The van der Waals surface area contributed by atoms with E-state index < -0.39 is 0 Å². The van der Waals surface area contributed by atoms with Crippen LogP contribution in [0.15, 0.2) is 22.7 Å². The number of halogens is 2. The zero-order valence-corrected chi connectivity index (χ0v) is 10.9. The van der Waals surface area contributed by atoms with Crippen LogP contribution in [0.1, 0.15) is 18.9 Å². The van der Waals surface area contributed by atoms with Crippen molar-refractivity contribution in [2.45, 2.75) is 25.9 Å². The lowest BCUT2D eigenvalue weighted by Gasteiger charge is -2.11. The first-order valence-electron chi connectivity index (χ1n) is 4.80. The Morgan fingerprint density at radius 3 is 2.93 bits per heavy atom. The van der Waals surface area contributed by atoms with E-state index in [1.807, 2.05) is 18.2 Å². The molecule has 1 rings (SSSR count). The van der Waals surface area contributed by atoms with Gasteiger partial charge in [0.05, 0.1) is 6.04 Å². The first kappa shape index (κ1) is 12.6. The minimum absolute atomic E-state index is 0.121. The predicted molar refractivity (Wildman–Crippen MR) is 68.9 cm³/mol. The summed E-state index contributed by atoms with van der Waals surface area (Å²) in [6, 6.07) is 5.85. The first-order chi connectivity index (χ1) is 7.17. The molecule has 0 amide bonds. The Labute approximate surface area is 104 Å². The van der Waals surface area contributed by atoms with Crippen LogP contribution in [0, 0.1) is 12.3 Å². The zero-order chi connectivity index (χ0) is 11.3. The standard InChI is InChI=1S/C12H13BrClN/c1-3-11(4-2)15-8-9-7-10(14)5-6-12(9)13/h1,5-7,11,15H,4,8H2,2H3. The molecule has 80 valence electrons. The highest BCUT2D eigenvalue weighted by Gasteiger charge is 2.04. The van der Waals surface area contributed by atoms with Gasteiger partial charge in [0.2, 0.25) is 0 Å². The van der Waals surface area contributed by atoms with Crippen molar-refractivity contribution < 1.29 is 0 Å². The van der Waals surface area contributed by atoms with Gasteiger partial charge in [-0.3, -0.25) is 5.32 Å². The van der Waals surface area contributed by atoms with Crippen molar-refractivity contribution in [2.24, 2.45) is 0 Å². The summed E-state index contributed by atoms with van der Waals surface area (Å²) in [5.41, 5.74) is 1.12.